The predicted molar refractivity (Wildman–Crippen MR) is 103 cm³/mol. The number of rotatable bonds is 4. The highest BCUT2D eigenvalue weighted by molar-refractivity contribution is 7.07. The highest BCUT2D eigenvalue weighted by Gasteiger charge is 2.02. The maximum absolute atomic E-state index is 13.1. The Kier molecular flexibility index (Phi) is 4.54. The molecule has 0 saturated heterocycles. The predicted octanol–water partition coefficient (Wildman–Crippen LogP) is 4.32. The zero-order chi connectivity index (χ0) is 17.9. The Labute approximate surface area is 154 Å². The van der Waals surface area contributed by atoms with Crippen LogP contribution in [-0.2, 0) is 0 Å². The Bertz CT molecular complexity index is 1140. The van der Waals surface area contributed by atoms with E-state index in [1.807, 2.05) is 43.5 Å². The van der Waals surface area contributed by atoms with Crippen molar-refractivity contribution in [3.8, 4) is 5.75 Å². The molecule has 2 aromatic carbocycles. The summed E-state index contributed by atoms with van der Waals surface area (Å²) >= 11 is 1.60. The molecule has 0 fully saturated rings. The maximum Gasteiger partial charge on any atom is 0.195 e. The van der Waals surface area contributed by atoms with Gasteiger partial charge in [-0.25, -0.2) is 9.38 Å². The van der Waals surface area contributed by atoms with Crippen LogP contribution in [0.15, 0.2) is 71.9 Å². The van der Waals surface area contributed by atoms with Crippen molar-refractivity contribution in [2.45, 2.75) is 6.92 Å². The molecule has 0 amide bonds. The van der Waals surface area contributed by atoms with Crippen molar-refractivity contribution >= 4 is 28.6 Å². The lowest BCUT2D eigenvalue weighted by molar-refractivity contribution is 0.340. The average Bonchev–Trinajstić information content (AvgIpc) is 3.24. The summed E-state index contributed by atoms with van der Waals surface area (Å²) in [6.45, 7) is 2.63. The summed E-state index contributed by atoms with van der Waals surface area (Å²) in [4.78, 5) is 5.51. The number of benzene rings is 2. The molecule has 0 spiro atoms. The number of fused-ring (bicyclic) bond motifs is 1. The standard InChI is InChI=1S/C21H17FN2OS/c1-2-25-18-11-5-15(6-12-18)14-20-19-4-3-13-24(19)21(26-20)23-17-9-7-16(22)8-10-17/h3-14H,2H2,1H3/b20-14-,23-21?. The lowest BCUT2D eigenvalue weighted by Gasteiger charge is -2.01. The fourth-order valence-corrected chi connectivity index (χ4v) is 3.80. The van der Waals surface area contributed by atoms with Crippen LogP contribution >= 0.6 is 11.3 Å². The summed E-state index contributed by atoms with van der Waals surface area (Å²) < 4.78 is 21.8. The van der Waals surface area contributed by atoms with Crippen LogP contribution in [-0.4, -0.2) is 11.0 Å². The van der Waals surface area contributed by atoms with Crippen LogP contribution in [0.3, 0.4) is 0 Å². The van der Waals surface area contributed by atoms with Crippen LogP contribution in [0.4, 0.5) is 10.1 Å². The van der Waals surface area contributed by atoms with Gasteiger partial charge in [-0.3, -0.25) is 4.40 Å². The summed E-state index contributed by atoms with van der Waals surface area (Å²) in [7, 11) is 0. The molecule has 0 aliphatic heterocycles. The second-order valence-electron chi connectivity index (χ2n) is 5.75. The molecular formula is C21H17FN2OS. The largest absolute Gasteiger partial charge is 0.494 e. The summed E-state index contributed by atoms with van der Waals surface area (Å²) in [5.41, 5.74) is 2.94. The Morgan fingerprint density at radius 3 is 2.58 bits per heavy atom. The molecule has 0 saturated carbocycles. The third-order valence-electron chi connectivity index (χ3n) is 3.95. The highest BCUT2D eigenvalue weighted by Crippen LogP contribution is 2.14. The van der Waals surface area contributed by atoms with E-state index in [4.69, 9.17) is 4.74 Å². The number of hydrogen-bond acceptors (Lipinski definition) is 3. The van der Waals surface area contributed by atoms with Gasteiger partial charge in [0.15, 0.2) is 4.80 Å². The van der Waals surface area contributed by atoms with Crippen molar-refractivity contribution in [2.75, 3.05) is 6.61 Å². The van der Waals surface area contributed by atoms with Gasteiger partial charge in [0.25, 0.3) is 0 Å². The van der Waals surface area contributed by atoms with Gasteiger partial charge in [0.2, 0.25) is 0 Å². The zero-order valence-electron chi connectivity index (χ0n) is 14.2. The summed E-state index contributed by atoms with van der Waals surface area (Å²) in [6, 6.07) is 18.3. The molecule has 0 radical (unpaired) electrons. The molecular weight excluding hydrogens is 347 g/mol. The van der Waals surface area contributed by atoms with E-state index in [1.54, 1.807) is 23.5 Å². The van der Waals surface area contributed by atoms with E-state index in [1.165, 1.54) is 12.1 Å². The van der Waals surface area contributed by atoms with E-state index >= 15 is 0 Å². The van der Waals surface area contributed by atoms with E-state index in [0.29, 0.717) is 6.61 Å². The molecule has 0 atom stereocenters. The Hall–Kier alpha value is -2.92. The minimum Gasteiger partial charge on any atom is -0.494 e. The van der Waals surface area contributed by atoms with Crippen LogP contribution in [0, 0.1) is 5.82 Å². The van der Waals surface area contributed by atoms with Crippen LogP contribution in [0.2, 0.25) is 0 Å². The first-order valence-electron chi connectivity index (χ1n) is 8.38. The number of thiazole rings is 1. The SMILES string of the molecule is CCOc1ccc(/C=c2\sc(=Nc3ccc(F)cc3)n3cccc23)cc1. The van der Waals surface area contributed by atoms with E-state index in [-0.39, 0.29) is 5.82 Å². The molecule has 0 unspecified atom stereocenters. The number of nitrogens with zero attached hydrogens (tertiary/aromatic N) is 2. The molecule has 3 nitrogen and oxygen atoms in total. The molecule has 130 valence electrons. The summed E-state index contributed by atoms with van der Waals surface area (Å²) in [5, 5.41) is 0. The molecule has 0 aliphatic rings. The first-order valence-corrected chi connectivity index (χ1v) is 9.19. The monoisotopic (exact) mass is 364 g/mol. The molecule has 5 heteroatoms. The number of halogens is 1. The van der Waals surface area contributed by atoms with Crippen LogP contribution in [0.1, 0.15) is 12.5 Å². The lowest BCUT2D eigenvalue weighted by atomic mass is 10.2. The third-order valence-corrected chi connectivity index (χ3v) is 4.97. The van der Waals surface area contributed by atoms with Gasteiger partial charge in [0.1, 0.15) is 11.6 Å². The van der Waals surface area contributed by atoms with Gasteiger partial charge in [-0.15, -0.1) is 0 Å². The zero-order valence-corrected chi connectivity index (χ0v) is 15.0. The highest BCUT2D eigenvalue weighted by atomic mass is 32.1. The number of ether oxygens (including phenoxy) is 1. The van der Waals surface area contributed by atoms with E-state index < -0.39 is 0 Å². The Morgan fingerprint density at radius 2 is 1.85 bits per heavy atom. The smallest absolute Gasteiger partial charge is 0.195 e. The van der Waals surface area contributed by atoms with Crippen LogP contribution in [0.25, 0.3) is 11.6 Å². The third kappa shape index (κ3) is 3.39. The topological polar surface area (TPSA) is 26.0 Å². The minimum absolute atomic E-state index is 0.259. The normalized spacial score (nSPS) is 12.8. The van der Waals surface area contributed by atoms with Crippen LogP contribution < -0.4 is 14.1 Å². The first-order chi connectivity index (χ1) is 12.7. The van der Waals surface area contributed by atoms with Gasteiger partial charge in [0.05, 0.1) is 22.3 Å². The van der Waals surface area contributed by atoms with Crippen molar-refractivity contribution in [1.82, 2.24) is 4.40 Å². The van der Waals surface area contributed by atoms with Crippen molar-refractivity contribution in [3.05, 3.63) is 87.6 Å². The Morgan fingerprint density at radius 1 is 1.08 bits per heavy atom. The number of hydrogen-bond donors (Lipinski definition) is 0. The summed E-state index contributed by atoms with van der Waals surface area (Å²) in [6.07, 6.45) is 4.13. The van der Waals surface area contributed by atoms with Gasteiger partial charge >= 0.3 is 0 Å². The Balaban J connectivity index is 1.79. The van der Waals surface area contributed by atoms with Gasteiger partial charge in [-0.05, 0) is 67.1 Å². The molecule has 2 heterocycles. The molecule has 0 N–H and O–H groups in total. The molecule has 0 aliphatic carbocycles. The number of aromatic nitrogens is 1. The van der Waals surface area contributed by atoms with Gasteiger partial charge in [0, 0.05) is 6.20 Å². The molecule has 2 aromatic heterocycles. The van der Waals surface area contributed by atoms with Gasteiger partial charge in [-0.2, -0.15) is 0 Å². The molecule has 4 rings (SSSR count). The molecule has 4 aromatic rings. The van der Waals surface area contributed by atoms with E-state index in [0.717, 1.165) is 31.9 Å². The van der Waals surface area contributed by atoms with Gasteiger partial charge < -0.3 is 4.74 Å². The fraction of sp³-hybridized carbons (Fsp3) is 0.0952. The van der Waals surface area contributed by atoms with Crippen molar-refractivity contribution in [3.63, 3.8) is 0 Å². The van der Waals surface area contributed by atoms with E-state index in [2.05, 4.69) is 21.5 Å². The van der Waals surface area contributed by atoms with Crippen molar-refractivity contribution in [2.24, 2.45) is 4.99 Å². The molecule has 26 heavy (non-hydrogen) atoms. The van der Waals surface area contributed by atoms with Crippen molar-refractivity contribution < 1.29 is 9.13 Å². The second-order valence-corrected chi connectivity index (χ2v) is 6.76. The molecule has 0 bridgehead atoms. The van der Waals surface area contributed by atoms with E-state index in [9.17, 15) is 4.39 Å². The van der Waals surface area contributed by atoms with Gasteiger partial charge in [-0.1, -0.05) is 23.5 Å². The first kappa shape index (κ1) is 16.5. The quantitative estimate of drug-likeness (QED) is 0.530. The second kappa shape index (κ2) is 7.14. The maximum atomic E-state index is 13.1. The lowest BCUT2D eigenvalue weighted by Crippen LogP contribution is -2.02. The van der Waals surface area contributed by atoms with Crippen LogP contribution in [0.5, 0.6) is 5.75 Å². The fourth-order valence-electron chi connectivity index (χ4n) is 2.73. The summed E-state index contributed by atoms with van der Waals surface area (Å²) in [5.74, 6) is 0.612. The average molecular weight is 364 g/mol. The van der Waals surface area contributed by atoms with Crippen molar-refractivity contribution in [1.29, 1.82) is 0 Å². The minimum atomic E-state index is -0.259.